The highest BCUT2D eigenvalue weighted by Gasteiger charge is 2.41. The van der Waals surface area contributed by atoms with Crippen molar-refractivity contribution in [3.63, 3.8) is 0 Å². The summed E-state index contributed by atoms with van der Waals surface area (Å²) >= 11 is 0. The van der Waals surface area contributed by atoms with Crippen molar-refractivity contribution in [1.29, 1.82) is 0 Å². The first-order chi connectivity index (χ1) is 10.6. The first kappa shape index (κ1) is 13.6. The molecule has 4 rings (SSSR count). The lowest BCUT2D eigenvalue weighted by atomic mass is 9.85. The van der Waals surface area contributed by atoms with Crippen LogP contribution in [0.1, 0.15) is 30.0 Å². The number of carbonyl (C=O) groups excluding carboxylic acids is 2. The molecule has 1 atom stereocenters. The zero-order chi connectivity index (χ0) is 15.3. The van der Waals surface area contributed by atoms with E-state index in [0.29, 0.717) is 19.6 Å². The van der Waals surface area contributed by atoms with Gasteiger partial charge >= 0.3 is 6.03 Å². The van der Waals surface area contributed by atoms with Crippen LogP contribution >= 0.6 is 0 Å². The highest BCUT2D eigenvalue weighted by Crippen LogP contribution is 2.33. The second kappa shape index (κ2) is 5.00. The van der Waals surface area contributed by atoms with E-state index in [1.54, 1.807) is 0 Å². The maximum absolute atomic E-state index is 12.8. The lowest BCUT2D eigenvalue weighted by molar-refractivity contribution is -0.139. The number of urea groups is 1. The molecule has 0 unspecified atom stereocenters. The Morgan fingerprint density at radius 1 is 1.41 bits per heavy atom. The molecule has 0 radical (unpaired) electrons. The Bertz CT molecular complexity index is 619. The van der Waals surface area contributed by atoms with Crippen LogP contribution in [-0.2, 0) is 18.3 Å². The van der Waals surface area contributed by atoms with Crippen LogP contribution in [0.25, 0.3) is 0 Å². The molecular formula is C15H21N5O2. The number of hydrogen-bond acceptors (Lipinski definition) is 3. The molecule has 118 valence electrons. The number of aromatic nitrogens is 2. The van der Waals surface area contributed by atoms with Gasteiger partial charge in [0.2, 0.25) is 5.91 Å². The van der Waals surface area contributed by atoms with Crippen molar-refractivity contribution in [2.45, 2.75) is 31.2 Å². The summed E-state index contributed by atoms with van der Waals surface area (Å²) in [7, 11) is 1.91. The Kier molecular flexibility index (Phi) is 3.09. The van der Waals surface area contributed by atoms with E-state index in [1.165, 1.54) is 0 Å². The molecule has 2 aliphatic heterocycles. The van der Waals surface area contributed by atoms with E-state index in [1.807, 2.05) is 27.7 Å². The molecule has 1 N–H and O–H groups in total. The topological polar surface area (TPSA) is 70.5 Å². The molecule has 3 aliphatic rings. The van der Waals surface area contributed by atoms with Gasteiger partial charge in [0.15, 0.2) is 0 Å². The SMILES string of the molecule is Cn1cc2c(n1)CCC[C@H]2C(=O)N1CC(N2CCNC2=O)C1. The summed E-state index contributed by atoms with van der Waals surface area (Å²) in [6, 6.07) is 0.188. The van der Waals surface area contributed by atoms with Crippen LogP contribution in [0, 0.1) is 0 Å². The molecule has 3 heterocycles. The van der Waals surface area contributed by atoms with E-state index in [2.05, 4.69) is 10.4 Å². The molecule has 22 heavy (non-hydrogen) atoms. The summed E-state index contributed by atoms with van der Waals surface area (Å²) in [5.41, 5.74) is 2.17. The predicted molar refractivity (Wildman–Crippen MR) is 79.4 cm³/mol. The molecule has 0 aromatic carbocycles. The third kappa shape index (κ3) is 2.07. The van der Waals surface area contributed by atoms with Gasteiger partial charge in [-0.1, -0.05) is 0 Å². The van der Waals surface area contributed by atoms with Crippen molar-refractivity contribution in [3.05, 3.63) is 17.5 Å². The summed E-state index contributed by atoms with van der Waals surface area (Å²) < 4.78 is 1.81. The predicted octanol–water partition coefficient (Wildman–Crippen LogP) is 0.0760. The molecule has 0 spiro atoms. The minimum atomic E-state index is -0.0502. The maximum Gasteiger partial charge on any atom is 0.317 e. The molecule has 1 aliphatic carbocycles. The second-order valence-electron chi connectivity index (χ2n) is 6.47. The first-order valence-electron chi connectivity index (χ1n) is 7.99. The van der Waals surface area contributed by atoms with Gasteiger partial charge in [0, 0.05) is 45.0 Å². The van der Waals surface area contributed by atoms with Crippen LogP contribution in [0.15, 0.2) is 6.20 Å². The molecule has 3 amide bonds. The highest BCUT2D eigenvalue weighted by atomic mass is 16.2. The number of aryl methyl sites for hydroxylation is 2. The number of nitrogens with one attached hydrogen (secondary N) is 1. The van der Waals surface area contributed by atoms with Crippen molar-refractivity contribution in [3.8, 4) is 0 Å². The third-order valence-corrected chi connectivity index (χ3v) is 5.02. The molecule has 7 heteroatoms. The van der Waals surface area contributed by atoms with Crippen molar-refractivity contribution in [2.24, 2.45) is 7.05 Å². The van der Waals surface area contributed by atoms with Crippen LogP contribution < -0.4 is 5.32 Å². The van der Waals surface area contributed by atoms with Gasteiger partial charge in [0.1, 0.15) is 0 Å². The largest absolute Gasteiger partial charge is 0.338 e. The van der Waals surface area contributed by atoms with Crippen LogP contribution in [0.3, 0.4) is 0 Å². The Labute approximate surface area is 129 Å². The fourth-order valence-corrected chi connectivity index (χ4v) is 3.81. The van der Waals surface area contributed by atoms with Gasteiger partial charge in [-0.3, -0.25) is 9.48 Å². The van der Waals surface area contributed by atoms with E-state index >= 15 is 0 Å². The van der Waals surface area contributed by atoms with Crippen molar-refractivity contribution in [2.75, 3.05) is 26.2 Å². The molecule has 7 nitrogen and oxygen atoms in total. The Balaban J connectivity index is 1.43. The Morgan fingerprint density at radius 2 is 2.23 bits per heavy atom. The summed E-state index contributed by atoms with van der Waals surface area (Å²) in [6.07, 6.45) is 4.88. The standard InChI is InChI=1S/C15H21N5O2/c1-18-9-12-11(3-2-4-13(12)17-18)14(21)19-7-10(8-19)20-6-5-16-15(20)22/h9-11H,2-8H2,1H3,(H,16,22)/t11-/m1/s1. The van der Waals surface area contributed by atoms with E-state index in [9.17, 15) is 9.59 Å². The number of carbonyl (C=O) groups is 2. The zero-order valence-corrected chi connectivity index (χ0v) is 12.8. The third-order valence-electron chi connectivity index (χ3n) is 5.02. The van der Waals surface area contributed by atoms with Gasteiger partial charge in [-0.2, -0.15) is 5.10 Å². The van der Waals surface area contributed by atoms with Gasteiger partial charge in [0.25, 0.3) is 0 Å². The fraction of sp³-hybridized carbons (Fsp3) is 0.667. The van der Waals surface area contributed by atoms with Gasteiger partial charge in [-0.15, -0.1) is 0 Å². The average Bonchev–Trinajstić information content (AvgIpc) is 3.02. The number of rotatable bonds is 2. The first-order valence-corrected chi connectivity index (χ1v) is 7.99. The molecule has 0 bridgehead atoms. The number of fused-ring (bicyclic) bond motifs is 1. The lowest BCUT2D eigenvalue weighted by Gasteiger charge is -2.45. The monoisotopic (exact) mass is 303 g/mol. The van der Waals surface area contributed by atoms with E-state index in [0.717, 1.165) is 37.1 Å². The van der Waals surface area contributed by atoms with Crippen molar-refractivity contribution >= 4 is 11.9 Å². The zero-order valence-electron chi connectivity index (χ0n) is 12.8. The van der Waals surface area contributed by atoms with Crippen molar-refractivity contribution in [1.82, 2.24) is 24.9 Å². The highest BCUT2D eigenvalue weighted by molar-refractivity contribution is 5.85. The molecule has 2 fully saturated rings. The summed E-state index contributed by atoms with van der Waals surface area (Å²) in [5, 5.41) is 7.27. The minimum Gasteiger partial charge on any atom is -0.338 e. The van der Waals surface area contributed by atoms with Gasteiger partial charge in [0.05, 0.1) is 17.7 Å². The second-order valence-corrected chi connectivity index (χ2v) is 6.47. The Hall–Kier alpha value is -2.05. The minimum absolute atomic E-state index is 0.00399. The number of nitrogens with zero attached hydrogens (tertiary/aromatic N) is 4. The number of hydrogen-bond donors (Lipinski definition) is 1. The Morgan fingerprint density at radius 3 is 2.95 bits per heavy atom. The molecule has 1 aromatic heterocycles. The normalized spacial score (nSPS) is 25.0. The molecule has 2 saturated heterocycles. The quantitative estimate of drug-likeness (QED) is 0.841. The van der Waals surface area contributed by atoms with E-state index in [4.69, 9.17) is 0 Å². The van der Waals surface area contributed by atoms with Crippen LogP contribution in [-0.4, -0.2) is 63.7 Å². The van der Waals surface area contributed by atoms with Gasteiger partial charge in [-0.05, 0) is 19.3 Å². The average molecular weight is 303 g/mol. The fourth-order valence-electron chi connectivity index (χ4n) is 3.81. The molecule has 0 saturated carbocycles. The number of likely N-dealkylation sites (tertiary alicyclic amines) is 1. The molecular weight excluding hydrogens is 282 g/mol. The van der Waals surface area contributed by atoms with Gasteiger partial charge < -0.3 is 15.1 Å². The van der Waals surface area contributed by atoms with Crippen molar-refractivity contribution < 1.29 is 9.59 Å². The summed E-state index contributed by atoms with van der Waals surface area (Å²) in [5.74, 6) is 0.149. The van der Waals surface area contributed by atoms with Crippen LogP contribution in [0.5, 0.6) is 0 Å². The summed E-state index contributed by atoms with van der Waals surface area (Å²) in [4.78, 5) is 28.2. The smallest absolute Gasteiger partial charge is 0.317 e. The van der Waals surface area contributed by atoms with Crippen LogP contribution in [0.4, 0.5) is 4.79 Å². The van der Waals surface area contributed by atoms with E-state index < -0.39 is 0 Å². The van der Waals surface area contributed by atoms with Gasteiger partial charge in [-0.25, -0.2) is 4.79 Å². The lowest BCUT2D eigenvalue weighted by Crippen LogP contribution is -2.62. The summed E-state index contributed by atoms with van der Waals surface area (Å²) in [6.45, 7) is 2.79. The maximum atomic E-state index is 12.8. The van der Waals surface area contributed by atoms with E-state index in [-0.39, 0.29) is 23.9 Å². The van der Waals surface area contributed by atoms with Crippen LogP contribution in [0.2, 0.25) is 0 Å². The molecule has 1 aromatic rings. The number of amides is 3.